The fourth-order valence-electron chi connectivity index (χ4n) is 3.06. The van der Waals surface area contributed by atoms with Crippen LogP contribution >= 0.6 is 0 Å². The van der Waals surface area contributed by atoms with Gasteiger partial charge in [-0.1, -0.05) is 45.0 Å². The molecule has 1 aliphatic heterocycles. The lowest BCUT2D eigenvalue weighted by Crippen LogP contribution is -2.44. The summed E-state index contributed by atoms with van der Waals surface area (Å²) in [6, 6.07) is 11.2. The van der Waals surface area contributed by atoms with Crippen molar-refractivity contribution in [3.05, 3.63) is 47.5 Å². The number of benzene rings is 2. The molecule has 2 aromatic rings. The minimum Gasteiger partial charge on any atom is -0.315 e. The lowest BCUT2D eigenvalue weighted by Gasteiger charge is -2.27. The average molecular weight is 324 g/mol. The van der Waals surface area contributed by atoms with Gasteiger partial charge in [0.15, 0.2) is 0 Å². The number of carbonyl (C=O) groups excluding carboxylic acids is 2. The SMILES string of the molecule is CC(C)(C)CCNCCN1C(=O)c2cccc3cccc(c23)C1=O. The monoisotopic (exact) mass is 324 g/mol. The van der Waals surface area contributed by atoms with Crippen LogP contribution in [-0.2, 0) is 0 Å². The number of amides is 2. The maximum atomic E-state index is 12.7. The molecule has 0 aromatic heterocycles. The molecule has 4 heteroatoms. The van der Waals surface area contributed by atoms with Crippen LogP contribution in [0.3, 0.4) is 0 Å². The lowest BCUT2D eigenvalue weighted by atomic mass is 9.92. The Morgan fingerprint density at radius 3 is 2.04 bits per heavy atom. The molecule has 0 saturated carbocycles. The highest BCUT2D eigenvalue weighted by molar-refractivity contribution is 6.25. The molecule has 126 valence electrons. The minimum atomic E-state index is -0.193. The molecule has 1 N–H and O–H groups in total. The standard InChI is InChI=1S/C20H24N2O2/c1-20(2,3)10-11-21-12-13-22-18(23)15-8-4-6-14-7-5-9-16(17(14)15)19(22)24/h4-9,21H,10-13H2,1-3H3. The Morgan fingerprint density at radius 1 is 0.917 bits per heavy atom. The molecule has 0 radical (unpaired) electrons. The normalized spacial score (nSPS) is 14.5. The molecule has 3 rings (SSSR count). The summed E-state index contributed by atoms with van der Waals surface area (Å²) >= 11 is 0. The average Bonchev–Trinajstić information content (AvgIpc) is 2.54. The summed E-state index contributed by atoms with van der Waals surface area (Å²) in [6.45, 7) is 8.49. The van der Waals surface area contributed by atoms with Gasteiger partial charge in [0, 0.05) is 29.6 Å². The summed E-state index contributed by atoms with van der Waals surface area (Å²) < 4.78 is 0. The third-order valence-electron chi connectivity index (χ3n) is 4.42. The van der Waals surface area contributed by atoms with Crippen LogP contribution in [0.25, 0.3) is 10.8 Å². The fraction of sp³-hybridized carbons (Fsp3) is 0.400. The van der Waals surface area contributed by atoms with Crippen molar-refractivity contribution < 1.29 is 9.59 Å². The number of carbonyl (C=O) groups is 2. The van der Waals surface area contributed by atoms with Crippen LogP contribution in [-0.4, -0.2) is 36.3 Å². The van der Waals surface area contributed by atoms with E-state index in [1.807, 2.05) is 24.3 Å². The van der Waals surface area contributed by atoms with Gasteiger partial charge in [-0.3, -0.25) is 14.5 Å². The van der Waals surface area contributed by atoms with Crippen molar-refractivity contribution >= 4 is 22.6 Å². The van der Waals surface area contributed by atoms with Crippen LogP contribution in [0.1, 0.15) is 47.9 Å². The summed E-state index contributed by atoms with van der Waals surface area (Å²) in [5, 5.41) is 5.06. The van der Waals surface area contributed by atoms with Crippen LogP contribution < -0.4 is 5.32 Å². The van der Waals surface area contributed by atoms with Gasteiger partial charge in [0.2, 0.25) is 0 Å². The summed E-state index contributed by atoms with van der Waals surface area (Å²) in [6.07, 6.45) is 1.05. The van der Waals surface area contributed by atoms with Crippen LogP contribution in [0.4, 0.5) is 0 Å². The van der Waals surface area contributed by atoms with Crippen molar-refractivity contribution in [2.24, 2.45) is 5.41 Å². The Labute approximate surface area is 142 Å². The number of nitrogens with one attached hydrogen (secondary N) is 1. The second-order valence-electron chi connectivity index (χ2n) is 7.53. The van der Waals surface area contributed by atoms with Gasteiger partial charge in [-0.25, -0.2) is 0 Å². The first-order valence-electron chi connectivity index (χ1n) is 8.47. The van der Waals surface area contributed by atoms with E-state index in [9.17, 15) is 9.59 Å². The molecule has 0 spiro atoms. The fourth-order valence-corrected chi connectivity index (χ4v) is 3.06. The van der Waals surface area contributed by atoms with Crippen LogP contribution in [0.5, 0.6) is 0 Å². The molecule has 2 amide bonds. The molecule has 2 aromatic carbocycles. The van der Waals surface area contributed by atoms with Gasteiger partial charge >= 0.3 is 0 Å². The van der Waals surface area contributed by atoms with Gasteiger partial charge in [0.05, 0.1) is 0 Å². The first-order chi connectivity index (χ1) is 11.4. The van der Waals surface area contributed by atoms with E-state index in [0.717, 1.165) is 23.7 Å². The zero-order valence-corrected chi connectivity index (χ0v) is 14.6. The minimum absolute atomic E-state index is 0.193. The molecule has 4 nitrogen and oxygen atoms in total. The first kappa shape index (κ1) is 16.7. The number of imide groups is 1. The second-order valence-corrected chi connectivity index (χ2v) is 7.53. The van der Waals surface area contributed by atoms with Gasteiger partial charge in [-0.05, 0) is 35.9 Å². The van der Waals surface area contributed by atoms with Crippen LogP contribution in [0.2, 0.25) is 0 Å². The molecule has 0 aliphatic carbocycles. The summed E-state index contributed by atoms with van der Waals surface area (Å²) in [5.41, 5.74) is 1.52. The molecule has 1 heterocycles. The van der Waals surface area contributed by atoms with Crippen LogP contribution in [0.15, 0.2) is 36.4 Å². The maximum Gasteiger partial charge on any atom is 0.261 e. The van der Waals surface area contributed by atoms with E-state index in [1.165, 1.54) is 4.90 Å². The Kier molecular flexibility index (Phi) is 4.41. The van der Waals surface area contributed by atoms with Crippen molar-refractivity contribution in [2.45, 2.75) is 27.2 Å². The van der Waals surface area contributed by atoms with E-state index < -0.39 is 0 Å². The van der Waals surface area contributed by atoms with Gasteiger partial charge < -0.3 is 5.32 Å². The van der Waals surface area contributed by atoms with Gasteiger partial charge in [-0.2, -0.15) is 0 Å². The summed E-state index contributed by atoms with van der Waals surface area (Å²) in [5.74, 6) is -0.385. The lowest BCUT2D eigenvalue weighted by molar-refractivity contribution is 0.0611. The van der Waals surface area contributed by atoms with E-state index in [4.69, 9.17) is 0 Å². The Balaban J connectivity index is 1.73. The second kappa shape index (κ2) is 6.36. The molecule has 24 heavy (non-hydrogen) atoms. The van der Waals surface area contributed by atoms with E-state index in [1.54, 1.807) is 12.1 Å². The van der Waals surface area contributed by atoms with Crippen molar-refractivity contribution in [3.8, 4) is 0 Å². The first-order valence-corrected chi connectivity index (χ1v) is 8.47. The van der Waals surface area contributed by atoms with Gasteiger partial charge in [-0.15, -0.1) is 0 Å². The van der Waals surface area contributed by atoms with Crippen molar-refractivity contribution in [1.29, 1.82) is 0 Å². The van der Waals surface area contributed by atoms with Crippen molar-refractivity contribution in [3.63, 3.8) is 0 Å². The third-order valence-corrected chi connectivity index (χ3v) is 4.42. The molecule has 0 fully saturated rings. The van der Waals surface area contributed by atoms with Gasteiger partial charge in [0.25, 0.3) is 11.8 Å². The van der Waals surface area contributed by atoms with E-state index in [2.05, 4.69) is 26.1 Å². The predicted molar refractivity (Wildman–Crippen MR) is 96.3 cm³/mol. The quantitative estimate of drug-likeness (QED) is 0.677. The molecular weight excluding hydrogens is 300 g/mol. The predicted octanol–water partition coefficient (Wildman–Crippen LogP) is 3.46. The smallest absolute Gasteiger partial charge is 0.261 e. The van der Waals surface area contributed by atoms with E-state index >= 15 is 0 Å². The zero-order valence-electron chi connectivity index (χ0n) is 14.6. The summed E-state index contributed by atoms with van der Waals surface area (Å²) in [7, 11) is 0. The number of hydrogen-bond donors (Lipinski definition) is 1. The molecular formula is C20H24N2O2. The molecule has 0 atom stereocenters. The number of hydrogen-bond acceptors (Lipinski definition) is 3. The Morgan fingerprint density at radius 2 is 1.50 bits per heavy atom. The molecule has 1 aliphatic rings. The summed E-state index contributed by atoms with van der Waals surface area (Å²) in [4.78, 5) is 26.8. The van der Waals surface area contributed by atoms with E-state index in [-0.39, 0.29) is 17.2 Å². The Hall–Kier alpha value is -2.20. The zero-order chi connectivity index (χ0) is 17.3. The van der Waals surface area contributed by atoms with Crippen molar-refractivity contribution in [1.82, 2.24) is 10.2 Å². The van der Waals surface area contributed by atoms with E-state index in [0.29, 0.717) is 24.2 Å². The van der Waals surface area contributed by atoms with Gasteiger partial charge in [0.1, 0.15) is 0 Å². The number of rotatable bonds is 5. The number of nitrogens with zero attached hydrogens (tertiary/aromatic N) is 1. The topological polar surface area (TPSA) is 49.4 Å². The molecule has 0 bridgehead atoms. The molecule has 0 unspecified atom stereocenters. The van der Waals surface area contributed by atoms with Crippen LogP contribution in [0, 0.1) is 5.41 Å². The maximum absolute atomic E-state index is 12.7. The highest BCUT2D eigenvalue weighted by Gasteiger charge is 2.32. The van der Waals surface area contributed by atoms with Crippen molar-refractivity contribution in [2.75, 3.05) is 19.6 Å². The third kappa shape index (κ3) is 3.20. The highest BCUT2D eigenvalue weighted by atomic mass is 16.2. The highest BCUT2D eigenvalue weighted by Crippen LogP contribution is 2.29. The largest absolute Gasteiger partial charge is 0.315 e. The Bertz CT molecular complexity index is 739. The molecule has 0 saturated heterocycles.